The summed E-state index contributed by atoms with van der Waals surface area (Å²) in [4.78, 5) is 7.34. The summed E-state index contributed by atoms with van der Waals surface area (Å²) in [7, 11) is 0. The SMILES string of the molecule is c1ccc(-c2ccc(N(c3ccc(-c4ccccc4)cc3)c3ccc(-c4ccc(-n5c(-c6ccccc6)c(-c6ccccc6)c6ccccc65)cc4)nc3)cc2)cc1. The molecule has 0 N–H and O–H groups in total. The molecule has 0 saturated carbocycles. The van der Waals surface area contributed by atoms with Crippen LogP contribution in [0.2, 0.25) is 0 Å². The van der Waals surface area contributed by atoms with Crippen LogP contribution >= 0.6 is 0 Å². The molecule has 0 amide bonds. The Morgan fingerprint density at radius 1 is 0.328 bits per heavy atom. The highest BCUT2D eigenvalue weighted by atomic mass is 15.1. The molecule has 10 rings (SSSR count). The molecule has 274 valence electrons. The minimum absolute atomic E-state index is 0.916. The van der Waals surface area contributed by atoms with Crippen molar-refractivity contribution >= 4 is 28.0 Å². The van der Waals surface area contributed by atoms with Crippen LogP contribution in [0.3, 0.4) is 0 Å². The smallest absolute Gasteiger partial charge is 0.0703 e. The van der Waals surface area contributed by atoms with Crippen molar-refractivity contribution in [1.29, 1.82) is 0 Å². The molecule has 2 aromatic heterocycles. The van der Waals surface area contributed by atoms with Gasteiger partial charge in [-0.05, 0) is 88.0 Å². The van der Waals surface area contributed by atoms with Gasteiger partial charge in [0.15, 0.2) is 0 Å². The average molecular weight is 742 g/mol. The molecule has 0 unspecified atom stereocenters. The fraction of sp³-hybridized carbons (Fsp3) is 0. The van der Waals surface area contributed by atoms with Gasteiger partial charge in [-0.1, -0.05) is 176 Å². The van der Waals surface area contributed by atoms with Crippen molar-refractivity contribution in [1.82, 2.24) is 9.55 Å². The van der Waals surface area contributed by atoms with Gasteiger partial charge in [0.05, 0.1) is 28.8 Å². The predicted molar refractivity (Wildman–Crippen MR) is 243 cm³/mol. The Bertz CT molecular complexity index is 2840. The Balaban J connectivity index is 1.01. The van der Waals surface area contributed by atoms with Crippen molar-refractivity contribution in [3.63, 3.8) is 0 Å². The lowest BCUT2D eigenvalue weighted by Crippen LogP contribution is -2.10. The number of para-hydroxylation sites is 1. The lowest BCUT2D eigenvalue weighted by molar-refractivity contribution is 1.13. The number of hydrogen-bond acceptors (Lipinski definition) is 2. The Morgan fingerprint density at radius 3 is 1.28 bits per heavy atom. The maximum Gasteiger partial charge on any atom is 0.0703 e. The summed E-state index contributed by atoms with van der Waals surface area (Å²) in [6.45, 7) is 0. The highest BCUT2D eigenvalue weighted by Crippen LogP contribution is 2.43. The first-order valence-corrected chi connectivity index (χ1v) is 19.7. The summed E-state index contributed by atoms with van der Waals surface area (Å²) in [6.07, 6.45) is 1.98. The highest BCUT2D eigenvalue weighted by molar-refractivity contribution is 6.05. The zero-order valence-corrected chi connectivity index (χ0v) is 31.9. The topological polar surface area (TPSA) is 21.1 Å². The van der Waals surface area contributed by atoms with Gasteiger partial charge in [0.25, 0.3) is 0 Å². The van der Waals surface area contributed by atoms with Crippen molar-refractivity contribution in [2.75, 3.05) is 4.90 Å². The maximum absolute atomic E-state index is 5.06. The fourth-order valence-electron chi connectivity index (χ4n) is 8.06. The molecular weight excluding hydrogens is 703 g/mol. The monoisotopic (exact) mass is 741 g/mol. The maximum atomic E-state index is 5.06. The van der Waals surface area contributed by atoms with Crippen molar-refractivity contribution in [2.45, 2.75) is 0 Å². The zero-order valence-electron chi connectivity index (χ0n) is 31.9. The van der Waals surface area contributed by atoms with Crippen LogP contribution in [0.1, 0.15) is 0 Å². The van der Waals surface area contributed by atoms with Gasteiger partial charge in [-0.15, -0.1) is 0 Å². The minimum atomic E-state index is 0.916. The number of pyridine rings is 1. The summed E-state index contributed by atoms with van der Waals surface area (Å²) in [6, 6.07) is 81.8. The molecule has 3 nitrogen and oxygen atoms in total. The summed E-state index contributed by atoms with van der Waals surface area (Å²) >= 11 is 0. The molecule has 0 aliphatic rings. The lowest BCUT2D eigenvalue weighted by Gasteiger charge is -2.26. The van der Waals surface area contributed by atoms with Crippen molar-refractivity contribution in [3.8, 4) is 61.6 Å². The quantitative estimate of drug-likeness (QED) is 0.147. The first-order chi connectivity index (χ1) is 28.8. The van der Waals surface area contributed by atoms with Gasteiger partial charge >= 0.3 is 0 Å². The minimum Gasteiger partial charge on any atom is -0.309 e. The van der Waals surface area contributed by atoms with Gasteiger partial charge in [0.2, 0.25) is 0 Å². The van der Waals surface area contributed by atoms with E-state index in [4.69, 9.17) is 4.98 Å². The number of aromatic nitrogens is 2. The molecule has 58 heavy (non-hydrogen) atoms. The molecule has 0 spiro atoms. The molecule has 0 fully saturated rings. The van der Waals surface area contributed by atoms with Crippen LogP contribution in [-0.4, -0.2) is 9.55 Å². The number of anilines is 3. The third kappa shape index (κ3) is 6.65. The molecule has 0 aliphatic heterocycles. The Labute approximate surface area is 339 Å². The zero-order chi connectivity index (χ0) is 38.7. The second kappa shape index (κ2) is 15.4. The van der Waals surface area contributed by atoms with Crippen molar-refractivity contribution < 1.29 is 0 Å². The summed E-state index contributed by atoms with van der Waals surface area (Å²) in [5.74, 6) is 0. The molecule has 10 aromatic rings. The normalized spacial score (nSPS) is 11.1. The van der Waals surface area contributed by atoms with E-state index in [0.717, 1.165) is 34.0 Å². The van der Waals surface area contributed by atoms with Crippen LogP contribution in [0.15, 0.2) is 237 Å². The summed E-state index contributed by atoms with van der Waals surface area (Å²) < 4.78 is 2.40. The third-order valence-corrected chi connectivity index (χ3v) is 10.9. The first-order valence-electron chi connectivity index (χ1n) is 19.7. The molecule has 0 bridgehead atoms. The summed E-state index contributed by atoms with van der Waals surface area (Å²) in [5.41, 5.74) is 16.9. The standard InChI is InChI=1S/C55H39N3/c1-5-15-40(16-6-1)42-25-31-47(32-26-42)57(48-33-27-43(28-34-48)41-17-7-2-8-18-41)50-37-38-52(56-39-50)44-29-35-49(36-30-44)58-53-24-14-13-23-51(53)54(45-19-9-3-10-20-45)55(58)46-21-11-4-12-22-46/h1-39H. The van der Waals surface area contributed by atoms with Crippen LogP contribution in [0.25, 0.3) is 72.5 Å². The van der Waals surface area contributed by atoms with E-state index in [1.54, 1.807) is 0 Å². The van der Waals surface area contributed by atoms with Crippen molar-refractivity contribution in [2.24, 2.45) is 0 Å². The van der Waals surface area contributed by atoms with Crippen LogP contribution in [0, 0.1) is 0 Å². The Morgan fingerprint density at radius 2 is 0.759 bits per heavy atom. The third-order valence-electron chi connectivity index (χ3n) is 10.9. The van der Waals surface area contributed by atoms with Gasteiger partial charge in [-0.3, -0.25) is 4.98 Å². The van der Waals surface area contributed by atoms with Crippen LogP contribution in [-0.2, 0) is 0 Å². The second-order valence-electron chi connectivity index (χ2n) is 14.4. The molecule has 0 radical (unpaired) electrons. The van der Waals surface area contributed by atoms with Crippen LogP contribution in [0.4, 0.5) is 17.1 Å². The van der Waals surface area contributed by atoms with Gasteiger partial charge in [0.1, 0.15) is 0 Å². The van der Waals surface area contributed by atoms with E-state index < -0.39 is 0 Å². The molecule has 0 saturated heterocycles. The van der Waals surface area contributed by atoms with E-state index in [0.29, 0.717) is 0 Å². The van der Waals surface area contributed by atoms with E-state index in [9.17, 15) is 0 Å². The molecule has 0 aliphatic carbocycles. The van der Waals surface area contributed by atoms with Crippen molar-refractivity contribution in [3.05, 3.63) is 237 Å². The Hall–Kier alpha value is -7.75. The number of fused-ring (bicyclic) bond motifs is 1. The van der Waals surface area contributed by atoms with Crippen LogP contribution < -0.4 is 4.90 Å². The number of rotatable bonds is 9. The summed E-state index contributed by atoms with van der Waals surface area (Å²) in [5, 5.41) is 1.22. The second-order valence-corrected chi connectivity index (χ2v) is 14.4. The molecule has 2 heterocycles. The number of benzene rings is 8. The molecular formula is C55H39N3. The first kappa shape index (κ1) is 34.7. The van der Waals surface area contributed by atoms with Gasteiger partial charge < -0.3 is 9.47 Å². The lowest BCUT2D eigenvalue weighted by atomic mass is 9.98. The van der Waals surface area contributed by atoms with Gasteiger partial charge in [0, 0.05) is 33.6 Å². The largest absolute Gasteiger partial charge is 0.309 e. The molecule has 3 heteroatoms. The van der Waals surface area contributed by atoms with Gasteiger partial charge in [-0.25, -0.2) is 0 Å². The van der Waals surface area contributed by atoms with E-state index in [-0.39, 0.29) is 0 Å². The average Bonchev–Trinajstić information content (AvgIpc) is 3.66. The molecule has 0 atom stereocenters. The predicted octanol–water partition coefficient (Wildman–Crippen LogP) is 14.8. The Kier molecular flexibility index (Phi) is 9.23. The van der Waals surface area contributed by atoms with Gasteiger partial charge in [-0.2, -0.15) is 0 Å². The number of hydrogen-bond donors (Lipinski definition) is 0. The van der Waals surface area contributed by atoms with E-state index >= 15 is 0 Å². The number of nitrogens with zero attached hydrogens (tertiary/aromatic N) is 3. The van der Waals surface area contributed by atoms with E-state index in [1.807, 2.05) is 6.20 Å². The molecule has 8 aromatic carbocycles. The van der Waals surface area contributed by atoms with Crippen LogP contribution in [0.5, 0.6) is 0 Å². The highest BCUT2D eigenvalue weighted by Gasteiger charge is 2.21. The van der Waals surface area contributed by atoms with E-state index in [2.05, 4.69) is 240 Å². The fourth-order valence-corrected chi connectivity index (χ4v) is 8.06. The van der Waals surface area contributed by atoms with E-state index in [1.165, 1.54) is 55.5 Å².